The van der Waals surface area contributed by atoms with Gasteiger partial charge in [0.1, 0.15) is 11.4 Å². The first-order chi connectivity index (χ1) is 15.4. The number of halogens is 1. The Morgan fingerprint density at radius 2 is 1.94 bits per heavy atom. The van der Waals surface area contributed by atoms with Crippen LogP contribution in [-0.2, 0) is 9.59 Å². The molecule has 0 saturated heterocycles. The van der Waals surface area contributed by atoms with Gasteiger partial charge in [0.2, 0.25) is 12.3 Å². The van der Waals surface area contributed by atoms with Gasteiger partial charge in [-0.2, -0.15) is 0 Å². The summed E-state index contributed by atoms with van der Waals surface area (Å²) in [6.45, 7) is 10.6. The van der Waals surface area contributed by atoms with E-state index in [0.29, 0.717) is 23.3 Å². The number of terminal acetylenes is 1. The Labute approximate surface area is 202 Å². The van der Waals surface area contributed by atoms with Crippen LogP contribution in [0.15, 0.2) is 17.1 Å². The number of ether oxygens (including phenoxy) is 1. The third kappa shape index (κ3) is 7.13. The summed E-state index contributed by atoms with van der Waals surface area (Å²) in [6, 6.07) is 3.77. The fraction of sp³-hybridized carbons (Fsp3) is 0.560. The lowest BCUT2D eigenvalue weighted by molar-refractivity contribution is -0.129. The molecule has 180 valence electrons. The quantitative estimate of drug-likeness (QED) is 0.509. The van der Waals surface area contributed by atoms with E-state index < -0.39 is 0 Å². The van der Waals surface area contributed by atoms with Crippen LogP contribution in [-0.4, -0.2) is 40.9 Å². The zero-order chi connectivity index (χ0) is 25.0. The number of carbonyl (C=O) groups is 2. The van der Waals surface area contributed by atoms with Crippen molar-refractivity contribution in [1.82, 2.24) is 10.2 Å². The molecule has 2 aliphatic heterocycles. The summed E-state index contributed by atoms with van der Waals surface area (Å²) in [6.07, 6.45) is 12.4. The molecule has 0 spiro atoms. The standard InChI is InChI=1S/C13H16ClNO2.C10H17N3O.C2H2/c1-8-4-12-9(5-10(8)14)11(15-7-16)6-13(2,3)17-12;1-10(2)5-8(14)13(9(11)12-10)6-7-3-4-7;1-2/h4-5,7,11H,6H2,1-3H3,(H,15,16);7H,3-6H2,1-2H3,(H2,11,12);1-2H. The van der Waals surface area contributed by atoms with Crippen LogP contribution in [0.4, 0.5) is 0 Å². The minimum absolute atomic E-state index is 0.0376. The normalized spacial score (nSPS) is 22.2. The Hall–Kier alpha value is -2.72. The van der Waals surface area contributed by atoms with E-state index in [9.17, 15) is 9.59 Å². The summed E-state index contributed by atoms with van der Waals surface area (Å²) in [5, 5.41) is 3.52. The zero-order valence-corrected chi connectivity index (χ0v) is 20.9. The Balaban J connectivity index is 0.000000221. The van der Waals surface area contributed by atoms with Crippen molar-refractivity contribution in [2.45, 2.75) is 77.5 Å². The van der Waals surface area contributed by atoms with Crippen LogP contribution < -0.4 is 15.8 Å². The van der Waals surface area contributed by atoms with Crippen LogP contribution in [0.5, 0.6) is 5.75 Å². The molecule has 1 aromatic carbocycles. The fourth-order valence-corrected chi connectivity index (χ4v) is 4.13. The lowest BCUT2D eigenvalue weighted by Gasteiger charge is -2.37. The van der Waals surface area contributed by atoms with Crippen LogP contribution in [0.3, 0.4) is 0 Å². The van der Waals surface area contributed by atoms with Crippen molar-refractivity contribution in [2.24, 2.45) is 16.6 Å². The molecule has 0 aromatic heterocycles. The number of fused-ring (bicyclic) bond motifs is 1. The summed E-state index contributed by atoms with van der Waals surface area (Å²) in [5.74, 6) is 1.99. The van der Waals surface area contributed by atoms with Crippen LogP contribution in [0.2, 0.25) is 5.02 Å². The number of nitrogens with two attached hydrogens (primary N) is 1. The van der Waals surface area contributed by atoms with E-state index >= 15 is 0 Å². The second-order valence-electron chi connectivity index (χ2n) is 9.95. The summed E-state index contributed by atoms with van der Waals surface area (Å²) in [7, 11) is 0. The van der Waals surface area contributed by atoms with Crippen molar-refractivity contribution in [3.8, 4) is 18.6 Å². The summed E-state index contributed by atoms with van der Waals surface area (Å²) in [4.78, 5) is 28.4. The SMILES string of the molecule is C#C.CC1(C)CC(=O)N(CC2CC2)C(N)=N1.Cc1cc2c(cc1Cl)C(NC=O)CC(C)(C)O2. The number of carbonyl (C=O) groups excluding carboxylic acids is 2. The van der Waals surface area contributed by atoms with Gasteiger partial charge < -0.3 is 15.8 Å². The highest BCUT2D eigenvalue weighted by Crippen LogP contribution is 2.41. The van der Waals surface area contributed by atoms with Crippen molar-refractivity contribution in [3.63, 3.8) is 0 Å². The number of amides is 2. The zero-order valence-electron chi connectivity index (χ0n) is 20.2. The van der Waals surface area contributed by atoms with Gasteiger partial charge in [0, 0.05) is 23.6 Å². The number of aliphatic imine (C=N–C) groups is 1. The molecule has 1 unspecified atom stereocenters. The predicted octanol–water partition coefficient (Wildman–Crippen LogP) is 3.97. The second-order valence-corrected chi connectivity index (χ2v) is 10.4. The van der Waals surface area contributed by atoms with Crippen LogP contribution in [0.1, 0.15) is 70.5 Å². The minimum atomic E-state index is -0.318. The highest BCUT2D eigenvalue weighted by molar-refractivity contribution is 6.31. The second kappa shape index (κ2) is 10.5. The monoisotopic (exact) mass is 474 g/mol. The van der Waals surface area contributed by atoms with Gasteiger partial charge >= 0.3 is 0 Å². The average molecular weight is 475 g/mol. The van der Waals surface area contributed by atoms with E-state index in [-0.39, 0.29) is 23.1 Å². The van der Waals surface area contributed by atoms with Crippen molar-refractivity contribution in [2.75, 3.05) is 6.54 Å². The van der Waals surface area contributed by atoms with Gasteiger partial charge in [0.15, 0.2) is 5.96 Å². The minimum Gasteiger partial charge on any atom is -0.487 e. The fourth-order valence-electron chi connectivity index (χ4n) is 3.96. The molecule has 2 amide bonds. The molecule has 2 heterocycles. The molecule has 33 heavy (non-hydrogen) atoms. The lowest BCUT2D eigenvalue weighted by Crippen LogP contribution is -2.50. The first kappa shape index (κ1) is 26.5. The number of hydrogen-bond donors (Lipinski definition) is 2. The van der Waals surface area contributed by atoms with Gasteiger partial charge in [-0.15, -0.1) is 12.8 Å². The van der Waals surface area contributed by atoms with E-state index in [1.165, 1.54) is 12.8 Å². The van der Waals surface area contributed by atoms with Crippen LogP contribution >= 0.6 is 11.6 Å². The number of guanidine groups is 1. The summed E-state index contributed by atoms with van der Waals surface area (Å²) in [5.41, 5.74) is 7.10. The predicted molar refractivity (Wildman–Crippen MR) is 132 cm³/mol. The van der Waals surface area contributed by atoms with E-state index in [1.807, 2.05) is 46.8 Å². The summed E-state index contributed by atoms with van der Waals surface area (Å²) >= 11 is 6.11. The largest absolute Gasteiger partial charge is 0.487 e. The Morgan fingerprint density at radius 3 is 2.48 bits per heavy atom. The molecule has 1 saturated carbocycles. The molecule has 8 heteroatoms. The average Bonchev–Trinajstić information content (AvgIpc) is 3.52. The van der Waals surface area contributed by atoms with Gasteiger partial charge in [-0.25, -0.2) is 4.99 Å². The Kier molecular flexibility index (Phi) is 8.42. The topological polar surface area (TPSA) is 97.0 Å². The Bertz CT molecular complexity index is 935. The molecule has 3 aliphatic rings. The van der Waals surface area contributed by atoms with E-state index in [0.717, 1.165) is 36.3 Å². The molecule has 0 bridgehead atoms. The third-order valence-electron chi connectivity index (χ3n) is 5.73. The highest BCUT2D eigenvalue weighted by atomic mass is 35.5. The number of nitrogens with one attached hydrogen (secondary N) is 1. The number of hydrogen-bond acceptors (Lipinski definition) is 5. The maximum Gasteiger partial charge on any atom is 0.231 e. The van der Waals surface area contributed by atoms with Gasteiger partial charge in [-0.1, -0.05) is 11.6 Å². The maximum atomic E-state index is 11.7. The lowest BCUT2D eigenvalue weighted by atomic mass is 9.89. The van der Waals surface area contributed by atoms with Crippen molar-refractivity contribution in [1.29, 1.82) is 0 Å². The molecule has 4 rings (SSSR count). The maximum absolute atomic E-state index is 11.7. The molecule has 7 nitrogen and oxygen atoms in total. The van der Waals surface area contributed by atoms with Gasteiger partial charge in [0.25, 0.3) is 0 Å². The number of nitrogens with zero attached hydrogens (tertiary/aromatic N) is 2. The highest BCUT2D eigenvalue weighted by Gasteiger charge is 2.36. The van der Waals surface area contributed by atoms with E-state index in [4.69, 9.17) is 22.1 Å². The van der Waals surface area contributed by atoms with Gasteiger partial charge in [-0.3, -0.25) is 14.5 Å². The third-order valence-corrected chi connectivity index (χ3v) is 6.14. The number of benzene rings is 1. The van der Waals surface area contributed by atoms with Crippen LogP contribution in [0.25, 0.3) is 0 Å². The molecule has 1 atom stereocenters. The number of rotatable bonds is 4. The molecule has 3 N–H and O–H groups in total. The van der Waals surface area contributed by atoms with Crippen LogP contribution in [0, 0.1) is 25.7 Å². The molecule has 1 fully saturated rings. The molecule has 0 radical (unpaired) electrons. The van der Waals surface area contributed by atoms with E-state index in [1.54, 1.807) is 4.90 Å². The molecular formula is C25H35ClN4O3. The van der Waals surface area contributed by atoms with Crippen molar-refractivity contribution < 1.29 is 14.3 Å². The number of aryl methyl sites for hydroxylation is 1. The van der Waals surface area contributed by atoms with E-state index in [2.05, 4.69) is 23.2 Å². The van der Waals surface area contributed by atoms with Gasteiger partial charge in [-0.05, 0) is 71.1 Å². The molecular weight excluding hydrogens is 440 g/mol. The first-order valence-electron chi connectivity index (χ1n) is 11.1. The molecule has 1 aliphatic carbocycles. The molecule has 1 aromatic rings. The Morgan fingerprint density at radius 1 is 1.30 bits per heavy atom. The van der Waals surface area contributed by atoms with Crippen molar-refractivity contribution in [3.05, 3.63) is 28.3 Å². The first-order valence-corrected chi connectivity index (χ1v) is 11.5. The smallest absolute Gasteiger partial charge is 0.231 e. The van der Waals surface area contributed by atoms with Crippen molar-refractivity contribution >= 4 is 29.9 Å². The van der Waals surface area contributed by atoms with Gasteiger partial charge in [0.05, 0.1) is 18.0 Å². The summed E-state index contributed by atoms with van der Waals surface area (Å²) < 4.78 is 5.92.